The van der Waals surface area contributed by atoms with E-state index in [1.807, 2.05) is 0 Å². The Morgan fingerprint density at radius 2 is 1.11 bits per heavy atom. The number of hydrogen-bond acceptors (Lipinski definition) is 0. The molecule has 0 saturated heterocycles. The SMILES string of the molecule is CC1=C(c2ccc3ccccc3c2)c2ccccc2[CH]1[Ti+2][CH]1c2ccc(C(C)(C)C)cc2-c2ccc(C(C)(C)C)cc21.[Cl-].[Cl-]. The van der Waals surface area contributed by atoms with Crippen molar-refractivity contribution in [3.8, 4) is 11.1 Å². The molecular formula is C41H40Cl2Ti. The molecule has 3 heteroatoms. The summed E-state index contributed by atoms with van der Waals surface area (Å²) < 4.78 is 1.00. The molecule has 0 N–H and O–H groups in total. The van der Waals surface area contributed by atoms with Crippen molar-refractivity contribution < 1.29 is 44.0 Å². The quantitative estimate of drug-likeness (QED) is 0.237. The second-order valence-corrected chi connectivity index (χ2v) is 16.7. The van der Waals surface area contributed by atoms with Gasteiger partial charge in [0.2, 0.25) is 0 Å². The Kier molecular flexibility index (Phi) is 8.91. The predicted molar refractivity (Wildman–Crippen MR) is 176 cm³/mol. The molecule has 0 aliphatic heterocycles. The molecule has 0 fully saturated rings. The predicted octanol–water partition coefficient (Wildman–Crippen LogP) is 5.17. The van der Waals surface area contributed by atoms with E-state index in [2.05, 4.69) is 152 Å². The van der Waals surface area contributed by atoms with E-state index in [1.54, 1.807) is 16.7 Å². The third-order valence-corrected chi connectivity index (χ3v) is 12.7. The summed E-state index contributed by atoms with van der Waals surface area (Å²) in [5, 5.41) is 2.62. The van der Waals surface area contributed by atoms with Gasteiger partial charge in [0.05, 0.1) is 0 Å². The van der Waals surface area contributed by atoms with Gasteiger partial charge in [0, 0.05) is 0 Å². The van der Waals surface area contributed by atoms with E-state index in [4.69, 9.17) is 0 Å². The summed E-state index contributed by atoms with van der Waals surface area (Å²) >= 11 is -0.477. The largest absolute Gasteiger partial charge is 1.00 e. The summed E-state index contributed by atoms with van der Waals surface area (Å²) in [6.45, 7) is 16.4. The number of benzene rings is 5. The van der Waals surface area contributed by atoms with E-state index >= 15 is 0 Å². The van der Waals surface area contributed by atoms with Crippen LogP contribution in [0.4, 0.5) is 0 Å². The first-order valence-electron chi connectivity index (χ1n) is 15.4. The van der Waals surface area contributed by atoms with Gasteiger partial charge >= 0.3 is 262 Å². The first kappa shape index (κ1) is 32.8. The first-order chi connectivity index (χ1) is 20.0. The Morgan fingerprint density at radius 3 is 1.84 bits per heavy atom. The van der Waals surface area contributed by atoms with Crippen molar-refractivity contribution in [2.45, 2.75) is 67.7 Å². The zero-order valence-electron chi connectivity index (χ0n) is 26.7. The molecule has 2 unspecified atom stereocenters. The Balaban J connectivity index is 0.00000192. The molecule has 44 heavy (non-hydrogen) atoms. The van der Waals surface area contributed by atoms with E-state index in [-0.39, 0.29) is 35.6 Å². The van der Waals surface area contributed by atoms with Crippen molar-refractivity contribution in [3.05, 3.63) is 148 Å². The maximum Gasteiger partial charge on any atom is -1.00 e. The summed E-state index contributed by atoms with van der Waals surface area (Å²) in [5.41, 5.74) is 16.5. The van der Waals surface area contributed by atoms with Crippen molar-refractivity contribution in [2.75, 3.05) is 0 Å². The van der Waals surface area contributed by atoms with Gasteiger partial charge in [0.1, 0.15) is 0 Å². The van der Waals surface area contributed by atoms with Crippen LogP contribution in [0.25, 0.3) is 27.5 Å². The van der Waals surface area contributed by atoms with Gasteiger partial charge in [-0.15, -0.1) is 0 Å². The molecule has 0 bridgehead atoms. The average molecular weight is 652 g/mol. The van der Waals surface area contributed by atoms with Crippen molar-refractivity contribution in [1.29, 1.82) is 0 Å². The normalized spacial score (nSPS) is 16.9. The van der Waals surface area contributed by atoms with Gasteiger partial charge in [-0.2, -0.15) is 0 Å². The zero-order chi connectivity index (χ0) is 29.4. The Bertz CT molecular complexity index is 1900. The van der Waals surface area contributed by atoms with Crippen LogP contribution in [0.1, 0.15) is 95.9 Å². The number of halogens is 2. The van der Waals surface area contributed by atoms with E-state index in [9.17, 15) is 0 Å². The minimum Gasteiger partial charge on any atom is -1.00 e. The summed E-state index contributed by atoms with van der Waals surface area (Å²) in [5.74, 6) is 0. The zero-order valence-corrected chi connectivity index (χ0v) is 29.8. The van der Waals surface area contributed by atoms with E-state index < -0.39 is 19.2 Å². The maximum absolute atomic E-state index is 2.56. The van der Waals surface area contributed by atoms with Gasteiger partial charge < -0.3 is 24.8 Å². The van der Waals surface area contributed by atoms with Crippen LogP contribution < -0.4 is 24.8 Å². The molecule has 7 rings (SSSR count). The molecule has 2 aliphatic carbocycles. The fourth-order valence-electron chi connectivity index (χ4n) is 7.04. The molecule has 5 aromatic carbocycles. The molecule has 0 radical (unpaired) electrons. The van der Waals surface area contributed by atoms with Crippen molar-refractivity contribution in [2.24, 2.45) is 0 Å². The van der Waals surface area contributed by atoms with Crippen LogP contribution >= 0.6 is 0 Å². The summed E-state index contributed by atoms with van der Waals surface area (Å²) in [4.78, 5) is 0. The fraction of sp³-hybridized carbons (Fsp3) is 0.268. The molecule has 222 valence electrons. The van der Waals surface area contributed by atoms with Gasteiger partial charge in [-0.25, -0.2) is 0 Å². The molecular weight excluding hydrogens is 611 g/mol. The molecule has 2 atom stereocenters. The van der Waals surface area contributed by atoms with Crippen LogP contribution in [-0.4, -0.2) is 0 Å². The Labute approximate surface area is 285 Å². The van der Waals surface area contributed by atoms with Crippen LogP contribution in [0.5, 0.6) is 0 Å². The smallest absolute Gasteiger partial charge is 1.00 e. The molecule has 0 heterocycles. The minimum absolute atomic E-state index is 0. The Morgan fingerprint density at radius 1 is 0.500 bits per heavy atom. The van der Waals surface area contributed by atoms with Crippen LogP contribution in [0, 0.1) is 0 Å². The molecule has 0 saturated carbocycles. The van der Waals surface area contributed by atoms with Gasteiger partial charge in [-0.3, -0.25) is 0 Å². The molecule has 0 nitrogen and oxygen atoms in total. The van der Waals surface area contributed by atoms with Crippen molar-refractivity contribution in [1.82, 2.24) is 0 Å². The molecule has 2 aliphatic rings. The van der Waals surface area contributed by atoms with Crippen LogP contribution in [-0.2, 0) is 30.0 Å². The average Bonchev–Trinajstić information content (AvgIpc) is 3.42. The second-order valence-electron chi connectivity index (χ2n) is 14.3. The van der Waals surface area contributed by atoms with Crippen LogP contribution in [0.2, 0.25) is 0 Å². The van der Waals surface area contributed by atoms with Gasteiger partial charge in [0.25, 0.3) is 0 Å². The van der Waals surface area contributed by atoms with E-state index in [0.717, 1.165) is 0 Å². The van der Waals surface area contributed by atoms with Crippen molar-refractivity contribution >= 4 is 16.3 Å². The second kappa shape index (κ2) is 12.0. The minimum atomic E-state index is -0.477. The van der Waals surface area contributed by atoms with Gasteiger partial charge in [-0.1, -0.05) is 0 Å². The summed E-state index contributed by atoms with van der Waals surface area (Å²) in [6.07, 6.45) is 0. The molecule has 5 aromatic rings. The fourth-order valence-corrected chi connectivity index (χ4v) is 10.2. The maximum atomic E-state index is 2.56. The monoisotopic (exact) mass is 650 g/mol. The van der Waals surface area contributed by atoms with Gasteiger partial charge in [-0.05, 0) is 0 Å². The molecule has 0 spiro atoms. The molecule has 0 aromatic heterocycles. The number of hydrogen-bond donors (Lipinski definition) is 0. The number of fused-ring (bicyclic) bond motifs is 5. The number of rotatable bonds is 3. The van der Waals surface area contributed by atoms with E-state index in [0.29, 0.717) is 8.45 Å². The van der Waals surface area contributed by atoms with Crippen molar-refractivity contribution in [3.63, 3.8) is 0 Å². The molecule has 0 amide bonds. The first-order valence-corrected chi connectivity index (χ1v) is 17.2. The standard InChI is InChI=1S/C21H25.C20H15.2ClH.Ti/c1-20(2,3)16-9-10-18-15(12-16)11-14-7-8-17(13-19(14)18)21(4,5)6;1-14-12-17-8-4-5-9-19(17)20(14)18-11-10-15-6-2-3-7-16(15)13-18;;;/h7-13H,1-6H3;2-13H,1H3;2*1H;/q;;;;+2/p-2. The summed E-state index contributed by atoms with van der Waals surface area (Å²) in [6, 6.07) is 39.8. The van der Waals surface area contributed by atoms with Gasteiger partial charge in [0.15, 0.2) is 0 Å². The summed E-state index contributed by atoms with van der Waals surface area (Å²) in [7, 11) is 0. The third kappa shape index (κ3) is 5.54. The Hall–Kier alpha value is -2.61. The van der Waals surface area contributed by atoms with Crippen LogP contribution in [0.15, 0.2) is 109 Å². The third-order valence-electron chi connectivity index (χ3n) is 9.49. The van der Waals surface area contributed by atoms with E-state index in [1.165, 1.54) is 55.3 Å². The van der Waals surface area contributed by atoms with Crippen LogP contribution in [0.3, 0.4) is 0 Å². The topological polar surface area (TPSA) is 0 Å². The number of allylic oxidation sites excluding steroid dienone is 1.